The van der Waals surface area contributed by atoms with Gasteiger partial charge in [0.1, 0.15) is 28.8 Å². The van der Waals surface area contributed by atoms with Crippen molar-refractivity contribution in [2.75, 3.05) is 20.1 Å². The molecule has 1 unspecified atom stereocenters. The minimum absolute atomic E-state index is 0.0201. The average molecular weight is 578 g/mol. The van der Waals surface area contributed by atoms with Crippen LogP contribution in [0.2, 0.25) is 0 Å². The quantitative estimate of drug-likeness (QED) is 0.365. The Morgan fingerprint density at radius 3 is 2.33 bits per heavy atom. The highest BCUT2D eigenvalue weighted by molar-refractivity contribution is 7.86. The van der Waals surface area contributed by atoms with E-state index in [1.807, 2.05) is 0 Å². The first-order valence-corrected chi connectivity index (χ1v) is 14.0. The molecule has 3 atom stereocenters. The molecule has 4 rings (SSSR count). The molecule has 0 aromatic heterocycles. The number of halogens is 5. The molecule has 2 aliphatic rings. The highest BCUT2D eigenvalue weighted by atomic mass is 32.2. The van der Waals surface area contributed by atoms with Gasteiger partial charge in [0.15, 0.2) is 0 Å². The number of alkyl halides is 5. The van der Waals surface area contributed by atoms with Gasteiger partial charge in [-0.3, -0.25) is 4.79 Å². The molecule has 1 saturated heterocycles. The van der Waals surface area contributed by atoms with Crippen molar-refractivity contribution in [3.63, 3.8) is 0 Å². The van der Waals surface area contributed by atoms with E-state index in [0.29, 0.717) is 12.8 Å². The van der Waals surface area contributed by atoms with Crippen LogP contribution in [0.25, 0.3) is 0 Å². The van der Waals surface area contributed by atoms with Gasteiger partial charge in [-0.25, -0.2) is 12.7 Å². The van der Waals surface area contributed by atoms with E-state index in [1.54, 1.807) is 0 Å². The minimum Gasteiger partial charge on any atom is -0.405 e. The summed E-state index contributed by atoms with van der Waals surface area (Å²) in [6, 6.07) is 8.23. The number of carbonyl (C=O) groups is 1. The summed E-state index contributed by atoms with van der Waals surface area (Å²) in [6.07, 6.45) is -5.75. The monoisotopic (exact) mass is 577 g/mol. The van der Waals surface area contributed by atoms with Gasteiger partial charge >= 0.3 is 16.4 Å². The summed E-state index contributed by atoms with van der Waals surface area (Å²) in [5.74, 6) is -4.70. The van der Waals surface area contributed by atoms with Crippen LogP contribution in [0.4, 0.5) is 22.0 Å². The van der Waals surface area contributed by atoms with Crippen molar-refractivity contribution in [1.29, 1.82) is 0 Å². The number of β-amino-alcohol motifs (C(OH)–C–C–N with tert-alkyl or cyclic N) is 1. The number of hydrogen-bond donors (Lipinski definition) is 1. The highest BCUT2D eigenvalue weighted by Crippen LogP contribution is 2.44. The Bertz CT molecular complexity index is 1330. The highest BCUT2D eigenvalue weighted by Gasteiger charge is 2.59. The van der Waals surface area contributed by atoms with Crippen LogP contribution in [0, 0.1) is 0 Å². The standard InChI is InChI=1S/C26H30F5N2O5S/c1-3-25(27,28)17-7-6-8-19(15-17)39(36,37)33(2,18-11-12-18)21-13-14-32(16-22(21)34)24(35)20-9-4-5-10-23(20)38-26(29,30)31/h4-10,15,18,21-22,34H,3,11-14,16H2,1-2H3/q+1/t21-,22-,33?/m0/s1. The molecule has 214 valence electrons. The van der Waals surface area contributed by atoms with Crippen LogP contribution in [0.5, 0.6) is 5.75 Å². The van der Waals surface area contributed by atoms with Crippen molar-refractivity contribution in [3.8, 4) is 5.75 Å². The van der Waals surface area contributed by atoms with Crippen molar-refractivity contribution in [2.45, 2.75) is 68.0 Å². The van der Waals surface area contributed by atoms with Gasteiger partial charge in [-0.15, -0.1) is 13.2 Å². The van der Waals surface area contributed by atoms with Crippen molar-refractivity contribution < 1.29 is 48.9 Å². The number of sulfonamides is 1. The number of ether oxygens (including phenoxy) is 1. The molecule has 0 radical (unpaired) electrons. The predicted octanol–water partition coefficient (Wildman–Crippen LogP) is 4.66. The van der Waals surface area contributed by atoms with E-state index in [2.05, 4.69) is 4.74 Å². The number of piperidine rings is 1. The van der Waals surface area contributed by atoms with Crippen LogP contribution in [0.3, 0.4) is 0 Å². The van der Waals surface area contributed by atoms with Crippen molar-refractivity contribution in [1.82, 2.24) is 4.90 Å². The number of aliphatic hydroxyl groups is 1. The predicted molar refractivity (Wildman–Crippen MR) is 130 cm³/mol. The van der Waals surface area contributed by atoms with Crippen LogP contribution < -0.4 is 4.74 Å². The van der Waals surface area contributed by atoms with E-state index in [0.717, 1.165) is 17.0 Å². The number of likely N-dealkylation sites (N-methyl/N-ethyl adjacent to an activating group) is 1. The first kappa shape index (κ1) is 29.2. The molecule has 13 heteroatoms. The summed E-state index contributed by atoms with van der Waals surface area (Å²) in [5.41, 5.74) is -0.768. The SMILES string of the molecule is CCC(F)(F)c1cccc(S(=O)(=O)[N+](C)(C2CC2)[C@H]2CCN(C(=O)c3ccccc3OC(F)(F)F)C[C@@H]2O)c1. The fourth-order valence-electron chi connectivity index (χ4n) is 5.28. The number of benzene rings is 2. The second-order valence-electron chi connectivity index (χ2n) is 10.1. The number of hydrogen-bond acceptors (Lipinski definition) is 5. The van der Waals surface area contributed by atoms with E-state index in [-0.39, 0.29) is 36.0 Å². The van der Waals surface area contributed by atoms with E-state index in [1.165, 1.54) is 50.4 Å². The molecule has 1 aliphatic carbocycles. The second kappa shape index (κ2) is 10.3. The lowest BCUT2D eigenvalue weighted by molar-refractivity contribution is -0.830. The molecule has 1 amide bonds. The number of likely N-dealkylation sites (tertiary alicyclic amines) is 1. The van der Waals surface area contributed by atoms with E-state index < -0.39 is 62.0 Å². The van der Waals surface area contributed by atoms with Crippen LogP contribution in [-0.2, 0) is 15.9 Å². The van der Waals surface area contributed by atoms with Crippen LogP contribution in [0.1, 0.15) is 48.5 Å². The third kappa shape index (κ3) is 5.62. The molecule has 1 heterocycles. The Morgan fingerprint density at radius 1 is 1.08 bits per heavy atom. The van der Waals surface area contributed by atoms with Crippen molar-refractivity contribution >= 4 is 15.9 Å². The third-order valence-corrected chi connectivity index (χ3v) is 10.1. The van der Waals surface area contributed by atoms with Crippen LogP contribution >= 0.6 is 0 Å². The third-order valence-electron chi connectivity index (χ3n) is 7.62. The van der Waals surface area contributed by atoms with Gasteiger partial charge in [0, 0.05) is 37.8 Å². The van der Waals surface area contributed by atoms with Gasteiger partial charge in [-0.2, -0.15) is 8.42 Å². The van der Waals surface area contributed by atoms with Crippen LogP contribution in [0.15, 0.2) is 53.4 Å². The topological polar surface area (TPSA) is 83.9 Å². The summed E-state index contributed by atoms with van der Waals surface area (Å²) < 4.78 is 98.5. The molecule has 2 fully saturated rings. The molecular formula is C26H30F5N2O5S+. The second-order valence-corrected chi connectivity index (χ2v) is 12.3. The number of aliphatic hydroxyl groups excluding tert-OH is 1. The van der Waals surface area contributed by atoms with E-state index in [4.69, 9.17) is 0 Å². The molecule has 7 nitrogen and oxygen atoms in total. The number of nitrogens with zero attached hydrogens (tertiary/aromatic N) is 2. The first-order valence-electron chi connectivity index (χ1n) is 12.5. The number of amides is 1. The van der Waals surface area contributed by atoms with Crippen molar-refractivity contribution in [2.24, 2.45) is 0 Å². The summed E-state index contributed by atoms with van der Waals surface area (Å²) in [5, 5.41) is 11.1. The number of quaternary nitrogens is 1. The normalized spacial score (nSPS) is 22.3. The van der Waals surface area contributed by atoms with Crippen LogP contribution in [-0.4, -0.2) is 72.9 Å². The maximum Gasteiger partial charge on any atom is 0.573 e. The molecule has 2 aromatic rings. The zero-order chi connectivity index (χ0) is 28.8. The fourth-order valence-corrected chi connectivity index (χ4v) is 7.46. The molecule has 0 spiro atoms. The number of rotatable bonds is 8. The van der Waals surface area contributed by atoms with Gasteiger partial charge in [0.05, 0.1) is 19.2 Å². The van der Waals surface area contributed by atoms with E-state index >= 15 is 0 Å². The molecule has 2 aromatic carbocycles. The zero-order valence-electron chi connectivity index (χ0n) is 21.4. The number of carbonyl (C=O) groups excluding carboxylic acids is 1. The lowest BCUT2D eigenvalue weighted by Gasteiger charge is -2.46. The van der Waals surface area contributed by atoms with Crippen molar-refractivity contribution in [3.05, 3.63) is 59.7 Å². The summed E-state index contributed by atoms with van der Waals surface area (Å²) >= 11 is 0. The molecule has 0 bridgehead atoms. The zero-order valence-corrected chi connectivity index (χ0v) is 22.2. The lowest BCUT2D eigenvalue weighted by atomic mass is 9.99. The minimum atomic E-state index is -5.01. The fraction of sp³-hybridized carbons (Fsp3) is 0.500. The molecule has 1 N–H and O–H groups in total. The average Bonchev–Trinajstić information content (AvgIpc) is 3.73. The largest absolute Gasteiger partial charge is 0.573 e. The van der Waals surface area contributed by atoms with Gasteiger partial charge < -0.3 is 14.7 Å². The Balaban J connectivity index is 1.61. The maximum absolute atomic E-state index is 14.4. The van der Waals surface area contributed by atoms with E-state index in [9.17, 15) is 40.3 Å². The Morgan fingerprint density at radius 2 is 1.74 bits per heavy atom. The maximum atomic E-state index is 14.4. The summed E-state index contributed by atoms with van der Waals surface area (Å²) in [6.45, 7) is 0.934. The number of para-hydroxylation sites is 1. The molecule has 1 saturated carbocycles. The van der Waals surface area contributed by atoms with Gasteiger partial charge in [-0.05, 0) is 24.3 Å². The lowest BCUT2D eigenvalue weighted by Crippen LogP contribution is -2.66. The summed E-state index contributed by atoms with van der Waals surface area (Å²) in [4.78, 5) is 14.0. The van der Waals surface area contributed by atoms with Gasteiger partial charge in [-0.1, -0.05) is 31.2 Å². The van der Waals surface area contributed by atoms with Gasteiger partial charge in [0.2, 0.25) is 0 Å². The molecule has 39 heavy (non-hydrogen) atoms. The summed E-state index contributed by atoms with van der Waals surface area (Å²) in [7, 11) is -2.83. The Labute approximate surface area is 223 Å². The van der Waals surface area contributed by atoms with Gasteiger partial charge in [0.25, 0.3) is 11.8 Å². The first-order chi connectivity index (χ1) is 18.1. The molecule has 1 aliphatic heterocycles. The molecular weight excluding hydrogens is 547 g/mol. The Hall–Kier alpha value is -2.77. The smallest absolute Gasteiger partial charge is 0.405 e. The Kier molecular flexibility index (Phi) is 7.74.